The first-order chi connectivity index (χ1) is 12.2. The summed E-state index contributed by atoms with van der Waals surface area (Å²) in [5.74, 6) is -0.225. The largest absolute Gasteiger partial charge is 0.372 e. The predicted molar refractivity (Wildman–Crippen MR) is 93.5 cm³/mol. The molecule has 2 atom stereocenters. The van der Waals surface area contributed by atoms with Gasteiger partial charge in [-0.3, -0.25) is 4.98 Å². The van der Waals surface area contributed by atoms with Crippen molar-refractivity contribution in [2.75, 3.05) is 6.61 Å². The molecule has 130 valence electrons. The molecular formula is C19H21FN4O. The van der Waals surface area contributed by atoms with Crippen LogP contribution in [0.25, 0.3) is 10.9 Å². The summed E-state index contributed by atoms with van der Waals surface area (Å²) in [5, 5.41) is 4.38. The van der Waals surface area contributed by atoms with Gasteiger partial charge in [-0.25, -0.2) is 9.37 Å². The molecule has 0 bridgehead atoms. The Kier molecular flexibility index (Phi) is 4.46. The van der Waals surface area contributed by atoms with Crippen molar-refractivity contribution in [2.45, 2.75) is 31.5 Å². The molecule has 3 aromatic rings. The van der Waals surface area contributed by atoms with Crippen LogP contribution in [0.1, 0.15) is 30.2 Å². The lowest BCUT2D eigenvalue weighted by atomic mass is 10.0. The highest BCUT2D eigenvalue weighted by atomic mass is 19.1. The molecule has 0 radical (unpaired) electrons. The molecule has 2 aromatic heterocycles. The number of rotatable bonds is 4. The summed E-state index contributed by atoms with van der Waals surface area (Å²) in [4.78, 5) is 8.58. The fourth-order valence-corrected chi connectivity index (χ4v) is 3.48. The summed E-state index contributed by atoms with van der Waals surface area (Å²) in [6.07, 6.45) is 7.25. The van der Waals surface area contributed by atoms with Crippen LogP contribution in [-0.4, -0.2) is 27.2 Å². The van der Waals surface area contributed by atoms with Crippen LogP contribution >= 0.6 is 0 Å². The highest BCUT2D eigenvalue weighted by Crippen LogP contribution is 2.28. The van der Waals surface area contributed by atoms with Gasteiger partial charge in [0, 0.05) is 37.8 Å². The molecule has 1 aliphatic heterocycles. The summed E-state index contributed by atoms with van der Waals surface area (Å²) in [7, 11) is 1.98. The second-order valence-electron chi connectivity index (χ2n) is 6.53. The number of nitrogens with zero attached hydrogens (tertiary/aromatic N) is 3. The average molecular weight is 340 g/mol. The number of aryl methyl sites for hydroxylation is 1. The van der Waals surface area contributed by atoms with Gasteiger partial charge in [-0.2, -0.15) is 0 Å². The highest BCUT2D eigenvalue weighted by Gasteiger charge is 2.25. The number of aromatic nitrogens is 3. The number of imidazole rings is 1. The zero-order valence-corrected chi connectivity index (χ0v) is 14.2. The number of benzene rings is 1. The van der Waals surface area contributed by atoms with Crippen molar-refractivity contribution in [2.24, 2.45) is 7.05 Å². The van der Waals surface area contributed by atoms with E-state index < -0.39 is 0 Å². The zero-order valence-electron chi connectivity index (χ0n) is 14.2. The van der Waals surface area contributed by atoms with E-state index in [1.807, 2.05) is 29.9 Å². The maximum absolute atomic E-state index is 13.9. The molecule has 1 N–H and O–H groups in total. The van der Waals surface area contributed by atoms with E-state index in [-0.39, 0.29) is 11.9 Å². The summed E-state index contributed by atoms with van der Waals surface area (Å²) < 4.78 is 21.8. The van der Waals surface area contributed by atoms with Crippen LogP contribution in [0.5, 0.6) is 0 Å². The van der Waals surface area contributed by atoms with Gasteiger partial charge in [-0.05, 0) is 36.6 Å². The van der Waals surface area contributed by atoms with Gasteiger partial charge < -0.3 is 14.6 Å². The molecule has 6 heteroatoms. The van der Waals surface area contributed by atoms with E-state index in [1.54, 1.807) is 18.6 Å². The second kappa shape index (κ2) is 6.90. The van der Waals surface area contributed by atoms with E-state index in [0.29, 0.717) is 19.2 Å². The lowest BCUT2D eigenvalue weighted by molar-refractivity contribution is -0.00403. The van der Waals surface area contributed by atoms with Crippen LogP contribution in [-0.2, 0) is 18.3 Å². The standard InChI is InChI=1S/C19H21FN4O/c1-24-12-21-11-17(24)18-9-16(4-6-25-18)23-10-14-8-15(20)7-13-3-2-5-22-19(13)14/h2-3,5,7-8,11-12,16,18,23H,4,6,9-10H2,1H3/t16-,18-/m0/s1. The Morgan fingerprint density at radius 1 is 1.40 bits per heavy atom. The molecule has 1 saturated heterocycles. The van der Waals surface area contributed by atoms with Gasteiger partial charge in [0.2, 0.25) is 0 Å². The van der Waals surface area contributed by atoms with Crippen molar-refractivity contribution in [3.8, 4) is 0 Å². The van der Waals surface area contributed by atoms with Gasteiger partial charge in [0.05, 0.1) is 23.7 Å². The molecular weight excluding hydrogens is 319 g/mol. The van der Waals surface area contributed by atoms with E-state index in [2.05, 4.69) is 15.3 Å². The molecule has 1 fully saturated rings. The maximum Gasteiger partial charge on any atom is 0.124 e. The fourth-order valence-electron chi connectivity index (χ4n) is 3.48. The molecule has 25 heavy (non-hydrogen) atoms. The summed E-state index contributed by atoms with van der Waals surface area (Å²) in [5.41, 5.74) is 2.83. The van der Waals surface area contributed by atoms with Gasteiger partial charge in [-0.15, -0.1) is 0 Å². The number of halogens is 1. The zero-order chi connectivity index (χ0) is 17.2. The van der Waals surface area contributed by atoms with Crippen LogP contribution < -0.4 is 5.32 Å². The van der Waals surface area contributed by atoms with Gasteiger partial charge in [0.25, 0.3) is 0 Å². The van der Waals surface area contributed by atoms with Crippen molar-refractivity contribution < 1.29 is 9.13 Å². The Morgan fingerprint density at radius 2 is 2.32 bits per heavy atom. The lowest BCUT2D eigenvalue weighted by Gasteiger charge is -2.30. The van der Waals surface area contributed by atoms with Gasteiger partial charge >= 0.3 is 0 Å². The smallest absolute Gasteiger partial charge is 0.124 e. The number of ether oxygens (including phenoxy) is 1. The van der Waals surface area contributed by atoms with E-state index in [1.165, 1.54) is 6.07 Å². The van der Waals surface area contributed by atoms with Crippen molar-refractivity contribution in [3.63, 3.8) is 0 Å². The molecule has 5 nitrogen and oxygen atoms in total. The van der Waals surface area contributed by atoms with Crippen molar-refractivity contribution >= 4 is 10.9 Å². The summed E-state index contributed by atoms with van der Waals surface area (Å²) >= 11 is 0. The van der Waals surface area contributed by atoms with E-state index in [9.17, 15) is 4.39 Å². The van der Waals surface area contributed by atoms with Crippen LogP contribution in [0.15, 0.2) is 43.0 Å². The minimum absolute atomic E-state index is 0.0427. The lowest BCUT2D eigenvalue weighted by Crippen LogP contribution is -2.36. The van der Waals surface area contributed by atoms with Gasteiger partial charge in [-0.1, -0.05) is 6.07 Å². The predicted octanol–water partition coefficient (Wildman–Crippen LogP) is 3.12. The SMILES string of the molecule is Cn1cncc1[C@@H]1C[C@@H](NCc2cc(F)cc3cccnc23)CCO1. The Morgan fingerprint density at radius 3 is 3.16 bits per heavy atom. The van der Waals surface area contributed by atoms with Crippen LogP contribution in [0.2, 0.25) is 0 Å². The quantitative estimate of drug-likeness (QED) is 0.793. The summed E-state index contributed by atoms with van der Waals surface area (Å²) in [6, 6.07) is 7.13. The van der Waals surface area contributed by atoms with Crippen LogP contribution in [0, 0.1) is 5.82 Å². The number of nitrogens with one attached hydrogen (secondary N) is 1. The van der Waals surface area contributed by atoms with Crippen molar-refractivity contribution in [1.29, 1.82) is 0 Å². The molecule has 0 unspecified atom stereocenters. The minimum Gasteiger partial charge on any atom is -0.372 e. The molecule has 1 aromatic carbocycles. The van der Waals surface area contributed by atoms with Crippen LogP contribution in [0.3, 0.4) is 0 Å². The molecule has 0 aliphatic carbocycles. The van der Waals surface area contributed by atoms with Gasteiger partial charge in [0.15, 0.2) is 0 Å². The van der Waals surface area contributed by atoms with E-state index >= 15 is 0 Å². The molecule has 0 amide bonds. The summed E-state index contributed by atoms with van der Waals surface area (Å²) in [6.45, 7) is 1.30. The number of hydrogen-bond acceptors (Lipinski definition) is 4. The number of hydrogen-bond donors (Lipinski definition) is 1. The molecule has 0 saturated carbocycles. The van der Waals surface area contributed by atoms with Crippen LogP contribution in [0.4, 0.5) is 4.39 Å². The first-order valence-electron chi connectivity index (χ1n) is 8.55. The Hall–Kier alpha value is -2.31. The minimum atomic E-state index is -0.225. The Labute approximate surface area is 145 Å². The molecule has 3 heterocycles. The third-order valence-electron chi connectivity index (χ3n) is 4.80. The first kappa shape index (κ1) is 16.2. The number of fused-ring (bicyclic) bond motifs is 1. The van der Waals surface area contributed by atoms with Crippen molar-refractivity contribution in [1.82, 2.24) is 19.9 Å². The first-order valence-corrected chi connectivity index (χ1v) is 8.55. The average Bonchev–Trinajstić information content (AvgIpc) is 3.06. The maximum atomic E-state index is 13.9. The number of pyridine rings is 1. The van der Waals surface area contributed by atoms with E-state index in [4.69, 9.17) is 4.74 Å². The highest BCUT2D eigenvalue weighted by molar-refractivity contribution is 5.81. The Balaban J connectivity index is 1.47. The third-order valence-corrected chi connectivity index (χ3v) is 4.80. The van der Waals surface area contributed by atoms with Gasteiger partial charge in [0.1, 0.15) is 11.9 Å². The Bertz CT molecular complexity index is 879. The molecule has 1 aliphatic rings. The second-order valence-corrected chi connectivity index (χ2v) is 6.53. The normalized spacial score (nSPS) is 20.9. The van der Waals surface area contributed by atoms with Crippen molar-refractivity contribution in [3.05, 3.63) is 60.1 Å². The van der Waals surface area contributed by atoms with E-state index in [0.717, 1.165) is 35.0 Å². The monoisotopic (exact) mass is 340 g/mol. The topological polar surface area (TPSA) is 52.0 Å². The molecule has 0 spiro atoms. The molecule has 4 rings (SSSR count). The fraction of sp³-hybridized carbons (Fsp3) is 0.368. The third kappa shape index (κ3) is 3.41.